The number of aryl methyl sites for hydroxylation is 2. The molecule has 96 valence electrons. The number of halogens is 1. The van der Waals surface area contributed by atoms with Crippen molar-refractivity contribution in [2.45, 2.75) is 33.8 Å². The first-order chi connectivity index (χ1) is 8.43. The Morgan fingerprint density at radius 1 is 1.11 bits per heavy atom. The molecule has 2 aromatic rings. The smallest absolute Gasteiger partial charge is 0.115 e. The summed E-state index contributed by atoms with van der Waals surface area (Å²) >= 11 is 5.09. The summed E-state index contributed by atoms with van der Waals surface area (Å²) in [6, 6.07) is 4.17. The van der Waals surface area contributed by atoms with E-state index >= 15 is 0 Å². The minimum Gasteiger partial charge on any atom is -0.383 e. The second-order valence-electron chi connectivity index (χ2n) is 4.71. The predicted molar refractivity (Wildman–Crippen MR) is 81.5 cm³/mol. The molecule has 0 aliphatic heterocycles. The van der Waals surface area contributed by atoms with Crippen LogP contribution in [0.25, 0.3) is 0 Å². The first kappa shape index (κ1) is 13.8. The Balaban J connectivity index is 2.61. The zero-order valence-corrected chi connectivity index (χ0v) is 13.4. The zero-order valence-electron chi connectivity index (χ0n) is 11.0. The molecule has 1 atom stereocenters. The second kappa shape index (κ2) is 5.16. The highest BCUT2D eigenvalue weighted by molar-refractivity contribution is 9.10. The molecule has 0 spiro atoms. The van der Waals surface area contributed by atoms with Crippen LogP contribution in [0.5, 0.6) is 0 Å². The summed E-state index contributed by atoms with van der Waals surface area (Å²) in [4.78, 5) is 0.978. The van der Waals surface area contributed by atoms with Gasteiger partial charge in [-0.1, -0.05) is 6.07 Å². The first-order valence-corrected chi connectivity index (χ1v) is 7.59. The molecular weight excluding hydrogens is 308 g/mol. The van der Waals surface area contributed by atoms with Gasteiger partial charge in [0.05, 0.1) is 4.88 Å². The topological polar surface area (TPSA) is 20.2 Å². The Morgan fingerprint density at radius 3 is 2.11 bits per heavy atom. The highest BCUT2D eigenvalue weighted by Gasteiger charge is 2.20. The number of aliphatic hydroxyl groups excluding tert-OH is 1. The Hall–Kier alpha value is -0.640. The van der Waals surface area contributed by atoms with Gasteiger partial charge in [-0.2, -0.15) is 0 Å². The molecule has 0 bridgehead atoms. The van der Waals surface area contributed by atoms with Crippen molar-refractivity contribution in [3.05, 3.63) is 54.7 Å². The lowest BCUT2D eigenvalue weighted by Crippen LogP contribution is -2.06. The van der Waals surface area contributed by atoms with Crippen molar-refractivity contribution in [1.82, 2.24) is 0 Å². The van der Waals surface area contributed by atoms with Crippen LogP contribution < -0.4 is 0 Å². The van der Waals surface area contributed by atoms with Crippen LogP contribution >= 0.6 is 27.3 Å². The SMILES string of the molecule is Cc1cc(C)c(C)c(C(O)c2sccc2Br)c1C. The van der Waals surface area contributed by atoms with E-state index in [0.717, 1.165) is 14.9 Å². The van der Waals surface area contributed by atoms with Crippen molar-refractivity contribution in [2.24, 2.45) is 0 Å². The molecule has 1 N–H and O–H groups in total. The summed E-state index contributed by atoms with van der Waals surface area (Å²) in [6.45, 7) is 8.37. The van der Waals surface area contributed by atoms with Crippen molar-refractivity contribution >= 4 is 27.3 Å². The maximum Gasteiger partial charge on any atom is 0.115 e. The number of benzene rings is 1. The van der Waals surface area contributed by atoms with Gasteiger partial charge in [0, 0.05) is 4.47 Å². The number of rotatable bonds is 2. The Labute approximate surface area is 121 Å². The molecule has 2 rings (SSSR count). The molecule has 3 heteroatoms. The monoisotopic (exact) mass is 324 g/mol. The first-order valence-electron chi connectivity index (χ1n) is 5.91. The van der Waals surface area contributed by atoms with E-state index in [-0.39, 0.29) is 0 Å². The van der Waals surface area contributed by atoms with Crippen molar-refractivity contribution in [2.75, 3.05) is 0 Å². The highest BCUT2D eigenvalue weighted by Crippen LogP contribution is 2.37. The van der Waals surface area contributed by atoms with Gasteiger partial charge in [-0.25, -0.2) is 0 Å². The van der Waals surface area contributed by atoms with Crippen molar-refractivity contribution in [3.63, 3.8) is 0 Å². The predicted octanol–water partition coefficient (Wildman–Crippen LogP) is 4.83. The lowest BCUT2D eigenvalue weighted by atomic mass is 9.90. The van der Waals surface area contributed by atoms with E-state index in [1.807, 2.05) is 11.4 Å². The van der Waals surface area contributed by atoms with Crippen molar-refractivity contribution in [1.29, 1.82) is 0 Å². The molecule has 18 heavy (non-hydrogen) atoms. The third-order valence-corrected chi connectivity index (χ3v) is 5.51. The van der Waals surface area contributed by atoms with E-state index in [9.17, 15) is 5.11 Å². The van der Waals surface area contributed by atoms with Gasteiger partial charge in [-0.15, -0.1) is 11.3 Å². The van der Waals surface area contributed by atoms with Gasteiger partial charge >= 0.3 is 0 Å². The minimum atomic E-state index is -0.544. The summed E-state index contributed by atoms with van der Waals surface area (Å²) in [6.07, 6.45) is -0.544. The van der Waals surface area contributed by atoms with Gasteiger partial charge in [0.2, 0.25) is 0 Å². The normalized spacial score (nSPS) is 12.8. The van der Waals surface area contributed by atoms with Gasteiger partial charge in [0.1, 0.15) is 6.10 Å². The fraction of sp³-hybridized carbons (Fsp3) is 0.333. The fourth-order valence-corrected chi connectivity index (χ4v) is 3.87. The molecule has 0 aliphatic rings. The number of thiophene rings is 1. The van der Waals surface area contributed by atoms with Crippen molar-refractivity contribution < 1.29 is 5.11 Å². The van der Waals surface area contributed by atoms with Crippen LogP contribution in [-0.4, -0.2) is 5.11 Å². The van der Waals surface area contributed by atoms with Crippen LogP contribution in [-0.2, 0) is 0 Å². The summed E-state index contributed by atoms with van der Waals surface area (Å²) in [5.41, 5.74) is 5.90. The minimum absolute atomic E-state index is 0.544. The van der Waals surface area contributed by atoms with Crippen LogP contribution in [0, 0.1) is 27.7 Å². The van der Waals surface area contributed by atoms with E-state index in [1.165, 1.54) is 22.3 Å². The molecule has 1 nitrogen and oxygen atoms in total. The molecule has 0 saturated heterocycles. The Kier molecular flexibility index (Phi) is 3.95. The largest absolute Gasteiger partial charge is 0.383 e. The quantitative estimate of drug-likeness (QED) is 0.839. The molecule has 0 amide bonds. The molecule has 1 heterocycles. The van der Waals surface area contributed by atoms with Gasteiger partial charge in [-0.3, -0.25) is 0 Å². The molecule has 1 unspecified atom stereocenters. The van der Waals surface area contributed by atoms with Gasteiger partial charge < -0.3 is 5.11 Å². The lowest BCUT2D eigenvalue weighted by molar-refractivity contribution is 0.221. The maximum absolute atomic E-state index is 10.7. The summed E-state index contributed by atoms with van der Waals surface area (Å²) in [7, 11) is 0. The van der Waals surface area contributed by atoms with Crippen molar-refractivity contribution in [3.8, 4) is 0 Å². The standard InChI is InChI=1S/C15H17BrOS/c1-8-7-9(2)11(4)13(10(8)3)14(17)15-12(16)5-6-18-15/h5-7,14,17H,1-4H3. The Morgan fingerprint density at radius 2 is 1.67 bits per heavy atom. The van der Waals surface area contributed by atoms with Crippen LogP contribution in [0.3, 0.4) is 0 Å². The highest BCUT2D eigenvalue weighted by atomic mass is 79.9. The summed E-state index contributed by atoms with van der Waals surface area (Å²) in [5, 5.41) is 12.6. The van der Waals surface area contributed by atoms with Crippen LogP contribution in [0.15, 0.2) is 22.0 Å². The maximum atomic E-state index is 10.7. The third-order valence-electron chi connectivity index (χ3n) is 3.59. The average molecular weight is 325 g/mol. The van der Waals surface area contributed by atoms with E-state index in [4.69, 9.17) is 0 Å². The molecule has 1 aromatic heterocycles. The van der Waals surface area contributed by atoms with Crippen LogP contribution in [0.4, 0.5) is 0 Å². The van der Waals surface area contributed by atoms with Crippen LogP contribution in [0.2, 0.25) is 0 Å². The summed E-state index contributed by atoms with van der Waals surface area (Å²) < 4.78 is 0.984. The third kappa shape index (κ3) is 2.27. The number of hydrogen-bond donors (Lipinski definition) is 1. The van der Waals surface area contributed by atoms with Gasteiger partial charge in [0.15, 0.2) is 0 Å². The fourth-order valence-electron chi connectivity index (χ4n) is 2.29. The lowest BCUT2D eigenvalue weighted by Gasteiger charge is -2.19. The second-order valence-corrected chi connectivity index (χ2v) is 6.51. The van der Waals surface area contributed by atoms with E-state index in [2.05, 4.69) is 49.7 Å². The number of hydrogen-bond acceptors (Lipinski definition) is 2. The number of aliphatic hydroxyl groups is 1. The molecule has 0 radical (unpaired) electrons. The molecule has 0 fully saturated rings. The van der Waals surface area contributed by atoms with Crippen LogP contribution in [0.1, 0.15) is 38.8 Å². The average Bonchev–Trinajstić information content (AvgIpc) is 2.73. The molecule has 0 aliphatic carbocycles. The Bertz CT molecular complexity index is 560. The summed E-state index contributed by atoms with van der Waals surface area (Å²) in [5.74, 6) is 0. The van der Waals surface area contributed by atoms with Gasteiger partial charge in [0.25, 0.3) is 0 Å². The van der Waals surface area contributed by atoms with Gasteiger partial charge in [-0.05, 0) is 82.9 Å². The van der Waals surface area contributed by atoms with E-state index in [1.54, 1.807) is 11.3 Å². The molecule has 0 saturated carbocycles. The van der Waals surface area contributed by atoms with E-state index < -0.39 is 6.10 Å². The molecular formula is C15H17BrOS. The van der Waals surface area contributed by atoms with E-state index in [0.29, 0.717) is 0 Å². The molecule has 1 aromatic carbocycles. The zero-order chi connectivity index (χ0) is 13.4.